The Bertz CT molecular complexity index is 1360. The maximum Gasteiger partial charge on any atom is 0.228 e. The molecule has 1 saturated carbocycles. The lowest BCUT2D eigenvalue weighted by molar-refractivity contribution is -0.00805. The van der Waals surface area contributed by atoms with E-state index in [1.807, 2.05) is 6.92 Å². The molecule has 1 N–H and O–H groups in total. The number of rotatable bonds is 8. The van der Waals surface area contributed by atoms with Crippen molar-refractivity contribution in [3.63, 3.8) is 0 Å². The number of hydrogen-bond donors (Lipinski definition) is 1. The first kappa shape index (κ1) is 27.0. The molecule has 0 bridgehead atoms. The molecule has 0 spiro atoms. The van der Waals surface area contributed by atoms with Crippen LogP contribution in [-0.2, 0) is 36.0 Å². The molecule has 7 heteroatoms. The van der Waals surface area contributed by atoms with Crippen LogP contribution in [0.15, 0.2) is 53.1 Å². The monoisotopic (exact) mass is 541 g/mol. The Hall–Kier alpha value is -3.18. The minimum absolute atomic E-state index is 0.0157. The summed E-state index contributed by atoms with van der Waals surface area (Å²) in [4.78, 5) is 6.90. The van der Waals surface area contributed by atoms with Crippen LogP contribution in [0.3, 0.4) is 0 Å². The normalized spacial score (nSPS) is 26.3. The first-order valence-electron chi connectivity index (χ1n) is 14.6. The predicted octanol–water partition coefficient (Wildman–Crippen LogP) is 4.50. The number of aliphatic hydroxyl groups is 1. The molecular formula is C33H39N3O4. The standard InChI is InChI=1S/C33H39N3O4/c1-2-13-32(37)14-15-33(22-25-6-4-3-5-7-25)27(23-32)9-8-26-21-28(10-11-29(26)33)39-24-30-34-31(40-35-30)12-16-36-17-19-38-20-18-36/h3-7,10-11,21,27,37H,8-9,12,14-20,22-24H2,1H3/t27-,32-,33+/m1/s1. The predicted molar refractivity (Wildman–Crippen MR) is 152 cm³/mol. The molecule has 210 valence electrons. The van der Waals surface area contributed by atoms with Gasteiger partial charge in [-0.15, -0.1) is 5.92 Å². The number of nitrogens with zero attached hydrogens (tertiary/aromatic N) is 3. The second kappa shape index (κ2) is 11.7. The van der Waals surface area contributed by atoms with Gasteiger partial charge in [0.15, 0.2) is 6.61 Å². The third kappa shape index (κ3) is 5.81. The molecule has 2 aromatic carbocycles. The summed E-state index contributed by atoms with van der Waals surface area (Å²) in [5.74, 6) is 8.52. The largest absolute Gasteiger partial charge is 0.485 e. The Labute approximate surface area is 236 Å². The zero-order valence-corrected chi connectivity index (χ0v) is 23.4. The van der Waals surface area contributed by atoms with Crippen LogP contribution < -0.4 is 4.74 Å². The molecule has 2 aliphatic carbocycles. The Morgan fingerprint density at radius 3 is 2.80 bits per heavy atom. The van der Waals surface area contributed by atoms with E-state index in [1.165, 1.54) is 16.7 Å². The van der Waals surface area contributed by atoms with Crippen LogP contribution in [0.5, 0.6) is 5.75 Å². The highest BCUT2D eigenvalue weighted by Gasteiger charge is 2.51. The molecule has 3 aliphatic rings. The highest BCUT2D eigenvalue weighted by molar-refractivity contribution is 5.45. The van der Waals surface area contributed by atoms with Crippen molar-refractivity contribution in [1.82, 2.24) is 15.0 Å². The fourth-order valence-corrected chi connectivity index (χ4v) is 7.07. The van der Waals surface area contributed by atoms with Crippen LogP contribution in [0.2, 0.25) is 0 Å². The van der Waals surface area contributed by atoms with Gasteiger partial charge in [0.05, 0.1) is 13.2 Å². The van der Waals surface area contributed by atoms with Crippen LogP contribution in [0.1, 0.15) is 61.0 Å². The summed E-state index contributed by atoms with van der Waals surface area (Å²) in [6.45, 7) is 6.46. The molecule has 0 amide bonds. The number of hydrogen-bond acceptors (Lipinski definition) is 7. The van der Waals surface area contributed by atoms with Crippen LogP contribution in [-0.4, -0.2) is 58.6 Å². The number of morpholine rings is 1. The molecule has 3 aromatic rings. The maximum atomic E-state index is 11.2. The summed E-state index contributed by atoms with van der Waals surface area (Å²) in [7, 11) is 0. The Morgan fingerprint density at radius 1 is 1.12 bits per heavy atom. The molecule has 2 heterocycles. The molecular weight excluding hydrogens is 502 g/mol. The molecule has 7 nitrogen and oxygen atoms in total. The van der Waals surface area contributed by atoms with Gasteiger partial charge in [0.2, 0.25) is 11.7 Å². The van der Waals surface area contributed by atoms with E-state index in [4.69, 9.17) is 14.0 Å². The second-order valence-electron chi connectivity index (χ2n) is 11.6. The van der Waals surface area contributed by atoms with E-state index in [1.54, 1.807) is 0 Å². The topological polar surface area (TPSA) is 80.9 Å². The van der Waals surface area contributed by atoms with Crippen LogP contribution in [0.4, 0.5) is 0 Å². The lowest BCUT2D eigenvalue weighted by atomic mass is 9.52. The van der Waals surface area contributed by atoms with Crippen molar-refractivity contribution in [2.45, 2.75) is 69.5 Å². The van der Waals surface area contributed by atoms with E-state index in [-0.39, 0.29) is 12.0 Å². The maximum absolute atomic E-state index is 11.2. The Kier molecular flexibility index (Phi) is 7.93. The van der Waals surface area contributed by atoms with E-state index >= 15 is 0 Å². The minimum atomic E-state index is -0.883. The van der Waals surface area contributed by atoms with Crippen molar-refractivity contribution in [1.29, 1.82) is 0 Å². The first-order chi connectivity index (χ1) is 19.6. The SMILES string of the molecule is CC#C[C@@]1(O)CC[C@@]2(Cc3ccccc3)c3ccc(OCc4noc(CCN5CCOCC5)n4)cc3CC[C@@H]2C1. The number of ether oxygens (including phenoxy) is 2. The second-order valence-corrected chi connectivity index (χ2v) is 11.6. The summed E-state index contributed by atoms with van der Waals surface area (Å²) in [5.41, 5.74) is 3.19. The van der Waals surface area contributed by atoms with Crippen LogP contribution >= 0.6 is 0 Å². The average molecular weight is 542 g/mol. The molecule has 0 unspecified atom stereocenters. The van der Waals surface area contributed by atoms with E-state index in [0.717, 1.165) is 77.1 Å². The van der Waals surface area contributed by atoms with Crippen LogP contribution in [0, 0.1) is 17.8 Å². The van der Waals surface area contributed by atoms with E-state index in [2.05, 4.69) is 75.4 Å². The van der Waals surface area contributed by atoms with Gasteiger partial charge >= 0.3 is 0 Å². The molecule has 3 atom stereocenters. The van der Waals surface area contributed by atoms with Gasteiger partial charge in [0.25, 0.3) is 0 Å². The summed E-state index contributed by atoms with van der Waals surface area (Å²) < 4.78 is 17.0. The number of benzene rings is 2. The van der Waals surface area contributed by atoms with Crippen molar-refractivity contribution in [3.8, 4) is 17.6 Å². The van der Waals surface area contributed by atoms with Crippen LogP contribution in [0.25, 0.3) is 0 Å². The Morgan fingerprint density at radius 2 is 1.98 bits per heavy atom. The van der Waals surface area contributed by atoms with Gasteiger partial charge in [0, 0.05) is 31.5 Å². The van der Waals surface area contributed by atoms with E-state index < -0.39 is 5.60 Å². The average Bonchev–Trinajstić information content (AvgIpc) is 3.44. The lowest BCUT2D eigenvalue weighted by Gasteiger charge is -2.52. The number of fused-ring (bicyclic) bond motifs is 3. The fourth-order valence-electron chi connectivity index (χ4n) is 7.07. The summed E-state index contributed by atoms with van der Waals surface area (Å²) in [6, 6.07) is 17.3. The van der Waals surface area contributed by atoms with Crippen molar-refractivity contribution >= 4 is 0 Å². The molecule has 1 aliphatic heterocycles. The molecule has 1 saturated heterocycles. The van der Waals surface area contributed by atoms with Gasteiger partial charge in [0.1, 0.15) is 11.4 Å². The van der Waals surface area contributed by atoms with Gasteiger partial charge in [-0.2, -0.15) is 4.98 Å². The highest BCUT2D eigenvalue weighted by Crippen LogP contribution is 2.54. The van der Waals surface area contributed by atoms with Crippen molar-refractivity contribution < 1.29 is 19.1 Å². The summed E-state index contributed by atoms with van der Waals surface area (Å²) >= 11 is 0. The minimum Gasteiger partial charge on any atom is -0.485 e. The third-order valence-electron chi connectivity index (χ3n) is 9.07. The Balaban J connectivity index is 1.16. The van der Waals surface area contributed by atoms with Gasteiger partial charge in [-0.25, -0.2) is 0 Å². The van der Waals surface area contributed by atoms with Gasteiger partial charge in [-0.3, -0.25) is 4.90 Å². The lowest BCUT2D eigenvalue weighted by Crippen LogP contribution is -2.50. The number of aromatic nitrogens is 2. The molecule has 6 rings (SSSR count). The zero-order valence-electron chi connectivity index (χ0n) is 23.4. The van der Waals surface area contributed by atoms with Crippen molar-refractivity contribution in [3.05, 3.63) is 76.9 Å². The quantitative estimate of drug-likeness (QED) is 0.421. The molecule has 1 aromatic heterocycles. The summed E-state index contributed by atoms with van der Waals surface area (Å²) in [6.07, 6.45) is 6.05. The van der Waals surface area contributed by atoms with Gasteiger partial charge in [-0.1, -0.05) is 47.5 Å². The smallest absolute Gasteiger partial charge is 0.228 e. The third-order valence-corrected chi connectivity index (χ3v) is 9.07. The fraction of sp³-hybridized carbons (Fsp3) is 0.515. The molecule has 0 radical (unpaired) electrons. The molecule has 40 heavy (non-hydrogen) atoms. The zero-order chi connectivity index (χ0) is 27.4. The highest BCUT2D eigenvalue weighted by atomic mass is 16.5. The van der Waals surface area contributed by atoms with Gasteiger partial charge < -0.3 is 19.1 Å². The van der Waals surface area contributed by atoms with Crippen molar-refractivity contribution in [2.75, 3.05) is 32.8 Å². The van der Waals surface area contributed by atoms with Gasteiger partial charge in [-0.05, 0) is 80.2 Å². The summed E-state index contributed by atoms with van der Waals surface area (Å²) in [5, 5.41) is 15.4. The first-order valence-corrected chi connectivity index (χ1v) is 14.6. The van der Waals surface area contributed by atoms with E-state index in [9.17, 15) is 5.11 Å². The number of aryl methyl sites for hydroxylation is 1. The molecule has 2 fully saturated rings. The van der Waals surface area contributed by atoms with Crippen molar-refractivity contribution in [2.24, 2.45) is 5.92 Å². The van der Waals surface area contributed by atoms with E-state index in [0.29, 0.717) is 24.1 Å².